The highest BCUT2D eigenvalue weighted by Gasteiger charge is 2.22. The van der Waals surface area contributed by atoms with Crippen LogP contribution in [0.2, 0.25) is 0 Å². The summed E-state index contributed by atoms with van der Waals surface area (Å²) >= 11 is 0. The molecule has 184 valence electrons. The number of aryl methyl sites for hydroxylation is 2. The van der Waals surface area contributed by atoms with E-state index in [1.165, 1.54) is 4.31 Å². The summed E-state index contributed by atoms with van der Waals surface area (Å²) < 4.78 is 39.6. The van der Waals surface area contributed by atoms with Gasteiger partial charge in [-0.15, -0.1) is 0 Å². The van der Waals surface area contributed by atoms with Crippen molar-refractivity contribution in [3.63, 3.8) is 0 Å². The van der Waals surface area contributed by atoms with Gasteiger partial charge in [-0.05, 0) is 36.4 Å². The summed E-state index contributed by atoms with van der Waals surface area (Å²) in [5.41, 5.74) is 2.22. The van der Waals surface area contributed by atoms with E-state index in [0.29, 0.717) is 48.9 Å². The lowest BCUT2D eigenvalue weighted by molar-refractivity contribution is -0.121. The van der Waals surface area contributed by atoms with Gasteiger partial charge >= 0.3 is 0 Å². The quantitative estimate of drug-likeness (QED) is 0.445. The number of hydrogen-bond donors (Lipinski definition) is 1. The zero-order valence-corrected chi connectivity index (χ0v) is 21.1. The first-order chi connectivity index (χ1) is 16.2. The maximum Gasteiger partial charge on any atom is 0.243 e. The lowest BCUT2D eigenvalue weighted by Gasteiger charge is -2.18. The molecule has 10 heteroatoms. The predicted molar refractivity (Wildman–Crippen MR) is 131 cm³/mol. The van der Waals surface area contributed by atoms with Crippen molar-refractivity contribution in [1.82, 2.24) is 19.2 Å². The molecule has 0 unspecified atom stereocenters. The SMILES string of the molecule is CCN(CC)S(=O)(=O)c1ccc2c(c1)nc(CCC(=O)NCc1cc(OC)ccc1OC)n2C. The Labute approximate surface area is 200 Å². The predicted octanol–water partition coefficient (Wildman–Crippen LogP) is 2.87. The Hall–Kier alpha value is -3.11. The number of nitrogens with zero attached hydrogens (tertiary/aromatic N) is 3. The number of ether oxygens (including phenoxy) is 2. The van der Waals surface area contributed by atoms with Crippen molar-refractivity contribution < 1.29 is 22.7 Å². The number of amides is 1. The largest absolute Gasteiger partial charge is 0.497 e. The summed E-state index contributed by atoms with van der Waals surface area (Å²) in [7, 11) is 1.46. The van der Waals surface area contributed by atoms with Crippen LogP contribution >= 0.6 is 0 Å². The van der Waals surface area contributed by atoms with Gasteiger partial charge in [-0.25, -0.2) is 13.4 Å². The molecule has 2 aromatic carbocycles. The number of rotatable bonds is 11. The average molecular weight is 489 g/mol. The molecule has 34 heavy (non-hydrogen) atoms. The number of hydrogen-bond acceptors (Lipinski definition) is 6. The van der Waals surface area contributed by atoms with Crippen LogP contribution in [0, 0.1) is 0 Å². The molecule has 3 rings (SSSR count). The van der Waals surface area contributed by atoms with Crippen LogP contribution in [0.25, 0.3) is 11.0 Å². The molecular weight excluding hydrogens is 456 g/mol. The molecule has 0 aliphatic heterocycles. The highest BCUT2D eigenvalue weighted by Crippen LogP contribution is 2.24. The van der Waals surface area contributed by atoms with Gasteiger partial charge in [0.15, 0.2) is 0 Å². The van der Waals surface area contributed by atoms with E-state index in [4.69, 9.17) is 9.47 Å². The molecular formula is C24H32N4O5S. The summed E-state index contributed by atoms with van der Waals surface area (Å²) in [5, 5.41) is 2.91. The van der Waals surface area contributed by atoms with Crippen molar-refractivity contribution in [1.29, 1.82) is 0 Å². The van der Waals surface area contributed by atoms with Crippen molar-refractivity contribution >= 4 is 27.0 Å². The number of fused-ring (bicyclic) bond motifs is 1. The van der Waals surface area contributed by atoms with Crippen molar-refractivity contribution in [2.45, 2.75) is 38.1 Å². The van der Waals surface area contributed by atoms with Crippen molar-refractivity contribution in [3.05, 3.63) is 47.8 Å². The smallest absolute Gasteiger partial charge is 0.243 e. The molecule has 0 saturated carbocycles. The number of aromatic nitrogens is 2. The van der Waals surface area contributed by atoms with Gasteiger partial charge in [0.1, 0.15) is 17.3 Å². The highest BCUT2D eigenvalue weighted by atomic mass is 32.2. The molecule has 0 spiro atoms. The van der Waals surface area contributed by atoms with Crippen LogP contribution in [-0.2, 0) is 34.8 Å². The van der Waals surface area contributed by atoms with E-state index in [9.17, 15) is 13.2 Å². The van der Waals surface area contributed by atoms with Gasteiger partial charge < -0.3 is 19.4 Å². The van der Waals surface area contributed by atoms with Gasteiger partial charge in [0.2, 0.25) is 15.9 Å². The number of imidazole rings is 1. The third-order valence-electron chi connectivity index (χ3n) is 5.83. The number of carbonyl (C=O) groups is 1. The number of sulfonamides is 1. The lowest BCUT2D eigenvalue weighted by Crippen LogP contribution is -2.30. The summed E-state index contributed by atoms with van der Waals surface area (Å²) in [6.07, 6.45) is 0.665. The van der Waals surface area contributed by atoms with Crippen LogP contribution in [0.15, 0.2) is 41.3 Å². The van der Waals surface area contributed by atoms with Crippen LogP contribution in [0.4, 0.5) is 0 Å². The van der Waals surface area contributed by atoms with Crippen LogP contribution in [0.5, 0.6) is 11.5 Å². The Morgan fingerprint density at radius 3 is 2.47 bits per heavy atom. The Morgan fingerprint density at radius 2 is 1.82 bits per heavy atom. The summed E-state index contributed by atoms with van der Waals surface area (Å²) in [6, 6.07) is 10.4. The normalized spacial score (nSPS) is 11.7. The summed E-state index contributed by atoms with van der Waals surface area (Å²) in [5.74, 6) is 1.95. The first-order valence-electron chi connectivity index (χ1n) is 11.2. The molecule has 1 amide bonds. The summed E-state index contributed by atoms with van der Waals surface area (Å²) in [4.78, 5) is 17.3. The second-order valence-electron chi connectivity index (χ2n) is 7.78. The zero-order valence-electron chi connectivity index (χ0n) is 20.3. The molecule has 1 heterocycles. The maximum absolute atomic E-state index is 12.8. The number of methoxy groups -OCH3 is 2. The van der Waals surface area contributed by atoms with E-state index in [1.54, 1.807) is 44.6 Å². The molecule has 0 fully saturated rings. The molecule has 1 aromatic heterocycles. The highest BCUT2D eigenvalue weighted by molar-refractivity contribution is 7.89. The van der Waals surface area contributed by atoms with Gasteiger partial charge in [0, 0.05) is 45.1 Å². The Balaban J connectivity index is 1.70. The Morgan fingerprint density at radius 1 is 1.09 bits per heavy atom. The number of benzene rings is 2. The molecule has 0 saturated heterocycles. The molecule has 0 aliphatic carbocycles. The van der Waals surface area contributed by atoms with Gasteiger partial charge in [-0.1, -0.05) is 13.8 Å². The minimum Gasteiger partial charge on any atom is -0.497 e. The Bertz CT molecular complexity index is 1270. The topological polar surface area (TPSA) is 103 Å². The number of nitrogens with one attached hydrogen (secondary N) is 1. The van der Waals surface area contributed by atoms with E-state index < -0.39 is 10.0 Å². The van der Waals surface area contributed by atoms with Gasteiger partial charge in [0.05, 0.1) is 30.1 Å². The van der Waals surface area contributed by atoms with E-state index in [-0.39, 0.29) is 17.2 Å². The fourth-order valence-electron chi connectivity index (χ4n) is 3.85. The number of carbonyl (C=O) groups excluding carboxylic acids is 1. The van der Waals surface area contributed by atoms with Gasteiger partial charge in [0.25, 0.3) is 0 Å². The molecule has 1 N–H and O–H groups in total. The fraction of sp³-hybridized carbons (Fsp3) is 0.417. The van der Waals surface area contributed by atoms with Crippen LogP contribution in [0.3, 0.4) is 0 Å². The monoisotopic (exact) mass is 488 g/mol. The molecule has 0 atom stereocenters. The van der Waals surface area contributed by atoms with E-state index >= 15 is 0 Å². The zero-order chi connectivity index (χ0) is 24.9. The first kappa shape index (κ1) is 25.5. The van der Waals surface area contributed by atoms with E-state index in [1.807, 2.05) is 31.5 Å². The molecule has 0 aliphatic rings. The van der Waals surface area contributed by atoms with Crippen molar-refractivity contribution in [2.24, 2.45) is 7.05 Å². The Kier molecular flexibility index (Phi) is 8.16. The molecule has 3 aromatic rings. The van der Waals surface area contributed by atoms with E-state index in [0.717, 1.165) is 11.1 Å². The summed E-state index contributed by atoms with van der Waals surface area (Å²) in [6.45, 7) is 4.75. The van der Waals surface area contributed by atoms with Crippen LogP contribution in [0.1, 0.15) is 31.7 Å². The third kappa shape index (κ3) is 5.34. The fourth-order valence-corrected chi connectivity index (χ4v) is 5.33. The van der Waals surface area contributed by atoms with E-state index in [2.05, 4.69) is 10.3 Å². The van der Waals surface area contributed by atoms with Gasteiger partial charge in [-0.2, -0.15) is 4.31 Å². The second kappa shape index (κ2) is 10.9. The lowest BCUT2D eigenvalue weighted by atomic mass is 10.2. The minimum atomic E-state index is -3.57. The van der Waals surface area contributed by atoms with Crippen LogP contribution < -0.4 is 14.8 Å². The van der Waals surface area contributed by atoms with Crippen LogP contribution in [-0.4, -0.2) is 55.5 Å². The maximum atomic E-state index is 12.8. The van der Waals surface area contributed by atoms with Crippen molar-refractivity contribution in [2.75, 3.05) is 27.3 Å². The van der Waals surface area contributed by atoms with Crippen molar-refractivity contribution in [3.8, 4) is 11.5 Å². The first-order valence-corrected chi connectivity index (χ1v) is 12.6. The minimum absolute atomic E-state index is 0.123. The average Bonchev–Trinajstić information content (AvgIpc) is 3.16. The third-order valence-corrected chi connectivity index (χ3v) is 7.87. The molecule has 0 bridgehead atoms. The second-order valence-corrected chi connectivity index (χ2v) is 9.72. The standard InChI is InChI=1S/C24H32N4O5S/c1-6-28(7-2)34(30,31)19-9-10-21-20(15-19)26-23(27(21)3)12-13-24(29)25-16-17-14-18(32-4)8-11-22(17)33-5/h8-11,14-15H,6-7,12-13,16H2,1-5H3,(H,25,29). The van der Waals surface area contributed by atoms with Gasteiger partial charge in [-0.3, -0.25) is 4.79 Å². The molecule has 0 radical (unpaired) electrons. The molecule has 9 nitrogen and oxygen atoms in total.